The molecule has 1 aromatic carbocycles. The van der Waals surface area contributed by atoms with Crippen molar-refractivity contribution >= 4 is 0 Å². The van der Waals surface area contributed by atoms with Gasteiger partial charge in [-0.2, -0.15) is 0 Å². The number of phenolic OH excluding ortho intramolecular Hbond substituents is 2. The number of hydrogen-bond acceptors (Lipinski definition) is 3. The van der Waals surface area contributed by atoms with Crippen molar-refractivity contribution in [2.75, 3.05) is 13.1 Å². The summed E-state index contributed by atoms with van der Waals surface area (Å²) in [6.07, 6.45) is 3.04. The van der Waals surface area contributed by atoms with Crippen molar-refractivity contribution in [3.8, 4) is 11.5 Å². The summed E-state index contributed by atoms with van der Waals surface area (Å²) in [5.41, 5.74) is 1.89. The lowest BCUT2D eigenvalue weighted by Crippen LogP contribution is -2.28. The molecular weight excluding hydrogens is 202 g/mol. The van der Waals surface area contributed by atoms with E-state index >= 15 is 0 Å². The zero-order valence-corrected chi connectivity index (χ0v) is 9.66. The smallest absolute Gasteiger partial charge is 0.122 e. The molecule has 0 bridgehead atoms. The molecule has 0 aromatic heterocycles. The molecule has 0 aliphatic carbocycles. The van der Waals surface area contributed by atoms with Crippen molar-refractivity contribution in [3.63, 3.8) is 0 Å². The van der Waals surface area contributed by atoms with E-state index in [1.807, 2.05) is 13.0 Å². The first kappa shape index (κ1) is 11.3. The molecule has 3 heteroatoms. The summed E-state index contributed by atoms with van der Waals surface area (Å²) in [7, 11) is 0. The van der Waals surface area contributed by atoms with Crippen LogP contribution < -0.4 is 5.32 Å². The Labute approximate surface area is 96.1 Å². The van der Waals surface area contributed by atoms with E-state index in [4.69, 9.17) is 0 Å². The average molecular weight is 221 g/mol. The van der Waals surface area contributed by atoms with Gasteiger partial charge in [-0.15, -0.1) is 0 Å². The van der Waals surface area contributed by atoms with E-state index in [2.05, 4.69) is 5.32 Å². The molecular formula is C13H19NO2. The lowest BCUT2D eigenvalue weighted by molar-refractivity contribution is 0.416. The molecule has 1 unspecified atom stereocenters. The molecule has 3 N–H and O–H groups in total. The first-order chi connectivity index (χ1) is 7.72. The highest BCUT2D eigenvalue weighted by Crippen LogP contribution is 2.35. The van der Waals surface area contributed by atoms with Crippen LogP contribution in [0.25, 0.3) is 0 Å². The van der Waals surface area contributed by atoms with E-state index in [1.54, 1.807) is 0 Å². The first-order valence-electron chi connectivity index (χ1n) is 5.97. The highest BCUT2D eigenvalue weighted by Gasteiger charge is 2.19. The summed E-state index contributed by atoms with van der Waals surface area (Å²) >= 11 is 0. The number of hydrogen-bond donors (Lipinski definition) is 3. The third-order valence-corrected chi connectivity index (χ3v) is 3.35. The molecule has 3 nitrogen and oxygen atoms in total. The fourth-order valence-electron chi connectivity index (χ4n) is 2.37. The topological polar surface area (TPSA) is 52.5 Å². The average Bonchev–Trinajstić information content (AvgIpc) is 2.30. The third-order valence-electron chi connectivity index (χ3n) is 3.35. The van der Waals surface area contributed by atoms with E-state index in [0.717, 1.165) is 43.5 Å². The van der Waals surface area contributed by atoms with Crippen LogP contribution in [0.15, 0.2) is 12.1 Å². The molecule has 1 saturated heterocycles. The van der Waals surface area contributed by atoms with Gasteiger partial charge in [0.2, 0.25) is 0 Å². The minimum atomic E-state index is 0.201. The van der Waals surface area contributed by atoms with Gasteiger partial charge >= 0.3 is 0 Å². The summed E-state index contributed by atoms with van der Waals surface area (Å²) in [5, 5.41) is 22.9. The van der Waals surface area contributed by atoms with E-state index < -0.39 is 0 Å². The van der Waals surface area contributed by atoms with Gasteiger partial charge in [0.25, 0.3) is 0 Å². The van der Waals surface area contributed by atoms with Crippen molar-refractivity contribution in [3.05, 3.63) is 23.3 Å². The Morgan fingerprint density at radius 2 is 2.12 bits per heavy atom. The van der Waals surface area contributed by atoms with Gasteiger partial charge in [-0.3, -0.25) is 0 Å². The fraction of sp³-hybridized carbons (Fsp3) is 0.538. The van der Waals surface area contributed by atoms with Gasteiger partial charge in [-0.05, 0) is 43.0 Å². The second-order valence-corrected chi connectivity index (χ2v) is 4.44. The quantitative estimate of drug-likeness (QED) is 0.717. The lowest BCUT2D eigenvalue weighted by Gasteiger charge is -2.24. The number of rotatable bonds is 2. The van der Waals surface area contributed by atoms with E-state index in [9.17, 15) is 10.2 Å². The monoisotopic (exact) mass is 221 g/mol. The van der Waals surface area contributed by atoms with Gasteiger partial charge in [0.05, 0.1) is 0 Å². The van der Waals surface area contributed by atoms with Crippen LogP contribution in [0.2, 0.25) is 0 Å². The second-order valence-electron chi connectivity index (χ2n) is 4.44. The van der Waals surface area contributed by atoms with Gasteiger partial charge in [-0.25, -0.2) is 0 Å². The van der Waals surface area contributed by atoms with Gasteiger partial charge in [-0.1, -0.05) is 6.92 Å². The molecule has 0 spiro atoms. The van der Waals surface area contributed by atoms with Gasteiger partial charge in [0.1, 0.15) is 11.5 Å². The third kappa shape index (κ3) is 2.14. The molecule has 0 radical (unpaired) electrons. The van der Waals surface area contributed by atoms with Gasteiger partial charge < -0.3 is 15.5 Å². The maximum absolute atomic E-state index is 9.88. The zero-order valence-electron chi connectivity index (χ0n) is 9.66. The van der Waals surface area contributed by atoms with Crippen LogP contribution in [0.5, 0.6) is 11.5 Å². The Balaban J connectivity index is 2.31. The van der Waals surface area contributed by atoms with Crippen LogP contribution in [0, 0.1) is 0 Å². The predicted molar refractivity (Wildman–Crippen MR) is 64.0 cm³/mol. The number of piperidine rings is 1. The molecule has 1 aliphatic rings. The number of nitrogens with one attached hydrogen (secondary N) is 1. The standard InChI is InChI=1S/C13H19NO2/c1-2-9-6-11(13(16)7-12(9)15)10-4-3-5-14-8-10/h6-7,10,14-16H,2-5,8H2,1H3. The number of benzene rings is 1. The lowest BCUT2D eigenvalue weighted by atomic mass is 9.89. The molecule has 2 rings (SSSR count). The minimum absolute atomic E-state index is 0.201. The highest BCUT2D eigenvalue weighted by molar-refractivity contribution is 5.47. The molecule has 16 heavy (non-hydrogen) atoms. The largest absolute Gasteiger partial charge is 0.508 e. The Bertz CT molecular complexity index is 370. The van der Waals surface area contributed by atoms with Crippen LogP contribution in [-0.4, -0.2) is 23.3 Å². The minimum Gasteiger partial charge on any atom is -0.508 e. The normalized spacial score (nSPS) is 20.9. The number of phenols is 2. The number of aromatic hydroxyl groups is 2. The van der Waals surface area contributed by atoms with E-state index in [1.165, 1.54) is 6.07 Å². The summed E-state index contributed by atoms with van der Waals surface area (Å²) in [5.74, 6) is 0.801. The molecule has 0 amide bonds. The summed E-state index contributed by atoms with van der Waals surface area (Å²) in [4.78, 5) is 0. The van der Waals surface area contributed by atoms with Crippen LogP contribution in [0.4, 0.5) is 0 Å². The first-order valence-corrected chi connectivity index (χ1v) is 5.97. The molecule has 1 aliphatic heterocycles. The van der Waals surface area contributed by atoms with Crippen LogP contribution in [-0.2, 0) is 6.42 Å². The highest BCUT2D eigenvalue weighted by atomic mass is 16.3. The van der Waals surface area contributed by atoms with Gasteiger partial charge in [0, 0.05) is 18.5 Å². The second kappa shape index (κ2) is 4.74. The van der Waals surface area contributed by atoms with Crippen molar-refractivity contribution < 1.29 is 10.2 Å². The Morgan fingerprint density at radius 3 is 2.75 bits per heavy atom. The molecule has 1 aromatic rings. The Morgan fingerprint density at radius 1 is 1.31 bits per heavy atom. The van der Waals surface area contributed by atoms with Crippen molar-refractivity contribution in [2.45, 2.75) is 32.1 Å². The maximum atomic E-state index is 9.88. The van der Waals surface area contributed by atoms with Crippen molar-refractivity contribution in [1.29, 1.82) is 0 Å². The molecule has 1 atom stereocenters. The number of aryl methyl sites for hydroxylation is 1. The Hall–Kier alpha value is -1.22. The van der Waals surface area contributed by atoms with Crippen molar-refractivity contribution in [1.82, 2.24) is 5.32 Å². The van der Waals surface area contributed by atoms with Crippen LogP contribution in [0.3, 0.4) is 0 Å². The van der Waals surface area contributed by atoms with Gasteiger partial charge in [0.15, 0.2) is 0 Å². The van der Waals surface area contributed by atoms with Crippen LogP contribution >= 0.6 is 0 Å². The molecule has 1 heterocycles. The fourth-order valence-corrected chi connectivity index (χ4v) is 2.37. The van der Waals surface area contributed by atoms with Crippen molar-refractivity contribution in [2.24, 2.45) is 0 Å². The maximum Gasteiger partial charge on any atom is 0.122 e. The summed E-state index contributed by atoms with van der Waals surface area (Å²) in [6, 6.07) is 3.42. The van der Waals surface area contributed by atoms with E-state index in [0.29, 0.717) is 5.92 Å². The predicted octanol–water partition coefficient (Wildman–Crippen LogP) is 2.13. The van der Waals surface area contributed by atoms with E-state index in [-0.39, 0.29) is 11.5 Å². The van der Waals surface area contributed by atoms with Crippen LogP contribution in [0.1, 0.15) is 36.8 Å². The molecule has 1 fully saturated rings. The SMILES string of the molecule is CCc1cc(C2CCCNC2)c(O)cc1O. The molecule has 88 valence electrons. The molecule has 0 saturated carbocycles. The Kier molecular flexibility index (Phi) is 3.34. The summed E-state index contributed by atoms with van der Waals surface area (Å²) in [6.45, 7) is 3.99. The zero-order chi connectivity index (χ0) is 11.5. The summed E-state index contributed by atoms with van der Waals surface area (Å²) < 4.78 is 0.